The predicted molar refractivity (Wildman–Crippen MR) is 118 cm³/mol. The summed E-state index contributed by atoms with van der Waals surface area (Å²) in [5.41, 5.74) is 0.705. The Morgan fingerprint density at radius 2 is 1.84 bits per heavy atom. The average molecular weight is 468 g/mol. The van der Waals surface area contributed by atoms with Gasteiger partial charge >= 0.3 is 5.97 Å². The highest BCUT2D eigenvalue weighted by molar-refractivity contribution is 6.32. The van der Waals surface area contributed by atoms with Crippen LogP contribution >= 0.6 is 11.6 Å². The van der Waals surface area contributed by atoms with Crippen LogP contribution in [0.25, 0.3) is 0 Å². The van der Waals surface area contributed by atoms with Crippen LogP contribution in [0.3, 0.4) is 0 Å². The second-order valence-electron chi connectivity index (χ2n) is 6.86. The number of hydrogen-bond acceptors (Lipinski definition) is 6. The molecule has 2 aromatic carbocycles. The highest BCUT2D eigenvalue weighted by atomic mass is 35.5. The van der Waals surface area contributed by atoms with E-state index < -0.39 is 24.3 Å². The summed E-state index contributed by atoms with van der Waals surface area (Å²) in [6, 6.07) is 7.30. The molecule has 32 heavy (non-hydrogen) atoms. The monoisotopic (exact) mass is 467 g/mol. The SMILES string of the molecule is CCCOc1c(Cl)cc(C(=O)OCC(=O)N(C)Cc2ccc(OC)c(F)c2)cc1OCC. The van der Waals surface area contributed by atoms with E-state index in [4.69, 9.17) is 30.5 Å². The first kappa shape index (κ1) is 25.3. The second kappa shape index (κ2) is 12.1. The van der Waals surface area contributed by atoms with Gasteiger partial charge in [0.25, 0.3) is 5.91 Å². The van der Waals surface area contributed by atoms with Crippen LogP contribution in [0.15, 0.2) is 30.3 Å². The van der Waals surface area contributed by atoms with Gasteiger partial charge in [-0.05, 0) is 43.2 Å². The minimum Gasteiger partial charge on any atom is -0.494 e. The Bertz CT molecular complexity index is 952. The number of nitrogens with zero attached hydrogens (tertiary/aromatic N) is 1. The number of carbonyl (C=O) groups is 2. The molecule has 174 valence electrons. The van der Waals surface area contributed by atoms with Gasteiger partial charge in [0.2, 0.25) is 0 Å². The van der Waals surface area contributed by atoms with E-state index in [0.717, 1.165) is 6.42 Å². The lowest BCUT2D eigenvalue weighted by molar-refractivity contribution is -0.133. The van der Waals surface area contributed by atoms with Crippen molar-refractivity contribution in [2.45, 2.75) is 26.8 Å². The first-order valence-electron chi connectivity index (χ1n) is 10.1. The highest BCUT2D eigenvalue weighted by Crippen LogP contribution is 2.37. The van der Waals surface area contributed by atoms with E-state index in [0.29, 0.717) is 30.3 Å². The number of ether oxygens (including phenoxy) is 4. The van der Waals surface area contributed by atoms with E-state index in [1.165, 1.54) is 43.3 Å². The van der Waals surface area contributed by atoms with Crippen LogP contribution in [0.1, 0.15) is 36.2 Å². The second-order valence-corrected chi connectivity index (χ2v) is 7.27. The van der Waals surface area contributed by atoms with E-state index in [1.54, 1.807) is 13.0 Å². The molecule has 0 aliphatic carbocycles. The Kier molecular flexibility index (Phi) is 9.59. The summed E-state index contributed by atoms with van der Waals surface area (Å²) < 4.78 is 35.0. The van der Waals surface area contributed by atoms with Crippen molar-refractivity contribution in [3.05, 3.63) is 52.3 Å². The van der Waals surface area contributed by atoms with Crippen molar-refractivity contribution in [1.82, 2.24) is 4.90 Å². The molecular formula is C23H27ClFNO6. The molecule has 1 amide bonds. The van der Waals surface area contributed by atoms with Gasteiger partial charge in [0.1, 0.15) is 0 Å². The lowest BCUT2D eigenvalue weighted by Crippen LogP contribution is -2.30. The van der Waals surface area contributed by atoms with Crippen LogP contribution in [-0.2, 0) is 16.1 Å². The molecule has 0 N–H and O–H groups in total. The van der Waals surface area contributed by atoms with Gasteiger partial charge in [-0.1, -0.05) is 24.6 Å². The summed E-state index contributed by atoms with van der Waals surface area (Å²) in [6.07, 6.45) is 0.782. The number of benzene rings is 2. The third-order valence-electron chi connectivity index (χ3n) is 4.38. The van der Waals surface area contributed by atoms with Crippen molar-refractivity contribution < 1.29 is 32.9 Å². The molecule has 0 aromatic heterocycles. The summed E-state index contributed by atoms with van der Waals surface area (Å²) >= 11 is 6.26. The largest absolute Gasteiger partial charge is 0.494 e. The van der Waals surface area contributed by atoms with Gasteiger partial charge in [0.05, 0.1) is 30.9 Å². The van der Waals surface area contributed by atoms with Gasteiger partial charge < -0.3 is 23.8 Å². The molecule has 0 aliphatic rings. The normalized spacial score (nSPS) is 10.4. The molecule has 0 unspecified atom stereocenters. The van der Waals surface area contributed by atoms with Gasteiger partial charge in [-0.3, -0.25) is 4.79 Å². The number of amides is 1. The summed E-state index contributed by atoms with van der Waals surface area (Å²) in [5, 5.41) is 0.210. The van der Waals surface area contributed by atoms with Crippen molar-refractivity contribution in [1.29, 1.82) is 0 Å². The quantitative estimate of drug-likeness (QED) is 0.453. The topological polar surface area (TPSA) is 74.3 Å². The van der Waals surface area contributed by atoms with Gasteiger partial charge in [-0.2, -0.15) is 0 Å². The molecule has 7 nitrogen and oxygen atoms in total. The van der Waals surface area contributed by atoms with Crippen LogP contribution in [0.4, 0.5) is 4.39 Å². The predicted octanol–water partition coefficient (Wildman–Crippen LogP) is 4.49. The maximum atomic E-state index is 13.8. The van der Waals surface area contributed by atoms with Gasteiger partial charge in [-0.15, -0.1) is 0 Å². The molecule has 0 atom stereocenters. The standard InChI is InChI=1S/C23H27ClFNO6/c1-5-9-31-22-17(24)11-16(12-20(22)30-6-2)23(28)32-14-21(27)26(3)13-15-7-8-19(29-4)18(25)10-15/h7-8,10-12H,5-6,9,13-14H2,1-4H3. The Morgan fingerprint density at radius 1 is 1.09 bits per heavy atom. The van der Waals surface area contributed by atoms with Crippen molar-refractivity contribution in [2.75, 3.05) is 34.0 Å². The zero-order chi connectivity index (χ0) is 23.7. The third kappa shape index (κ3) is 6.75. The molecule has 0 saturated carbocycles. The Balaban J connectivity index is 2.01. The smallest absolute Gasteiger partial charge is 0.338 e. The molecule has 2 aromatic rings. The Morgan fingerprint density at radius 3 is 2.47 bits per heavy atom. The van der Waals surface area contributed by atoms with E-state index in [1.807, 2.05) is 6.92 Å². The average Bonchev–Trinajstić information content (AvgIpc) is 2.76. The van der Waals surface area contributed by atoms with E-state index in [-0.39, 0.29) is 22.9 Å². The maximum Gasteiger partial charge on any atom is 0.338 e. The zero-order valence-corrected chi connectivity index (χ0v) is 19.3. The summed E-state index contributed by atoms with van der Waals surface area (Å²) in [4.78, 5) is 26.2. The van der Waals surface area contributed by atoms with Crippen molar-refractivity contribution in [3.63, 3.8) is 0 Å². The Hall–Kier alpha value is -3.00. The molecule has 0 saturated heterocycles. The maximum absolute atomic E-state index is 13.8. The summed E-state index contributed by atoms with van der Waals surface area (Å²) in [5.74, 6) is -0.904. The molecular weight excluding hydrogens is 441 g/mol. The van der Waals surface area contributed by atoms with Gasteiger partial charge in [-0.25, -0.2) is 9.18 Å². The Labute approximate surface area is 192 Å². The van der Waals surface area contributed by atoms with Crippen LogP contribution in [0.5, 0.6) is 17.2 Å². The summed E-state index contributed by atoms with van der Waals surface area (Å²) in [7, 11) is 2.90. The van der Waals surface area contributed by atoms with E-state index in [2.05, 4.69) is 0 Å². The third-order valence-corrected chi connectivity index (χ3v) is 4.66. The molecule has 2 rings (SSSR count). The molecule has 0 radical (unpaired) electrons. The zero-order valence-electron chi connectivity index (χ0n) is 18.6. The summed E-state index contributed by atoms with van der Waals surface area (Å²) in [6.45, 7) is 4.21. The molecule has 9 heteroatoms. The van der Waals surface area contributed by atoms with Gasteiger partial charge in [0.15, 0.2) is 29.7 Å². The number of halogens is 2. The number of rotatable bonds is 11. The van der Waals surface area contributed by atoms with Crippen LogP contribution in [0.2, 0.25) is 5.02 Å². The minimum atomic E-state index is -0.730. The van der Waals surface area contributed by atoms with Crippen molar-refractivity contribution in [3.8, 4) is 17.2 Å². The van der Waals surface area contributed by atoms with E-state index in [9.17, 15) is 14.0 Å². The van der Waals surface area contributed by atoms with E-state index >= 15 is 0 Å². The molecule has 0 spiro atoms. The number of carbonyl (C=O) groups excluding carboxylic acids is 2. The fourth-order valence-electron chi connectivity index (χ4n) is 2.78. The molecule has 0 bridgehead atoms. The number of likely N-dealkylation sites (N-methyl/N-ethyl adjacent to an activating group) is 1. The first-order chi connectivity index (χ1) is 15.3. The molecule has 0 aliphatic heterocycles. The number of hydrogen-bond donors (Lipinski definition) is 0. The van der Waals surface area contributed by atoms with Crippen LogP contribution in [0, 0.1) is 5.82 Å². The lowest BCUT2D eigenvalue weighted by atomic mass is 10.2. The number of esters is 1. The number of methoxy groups -OCH3 is 1. The molecule has 0 fully saturated rings. The van der Waals surface area contributed by atoms with Crippen LogP contribution < -0.4 is 14.2 Å². The fourth-order valence-corrected chi connectivity index (χ4v) is 3.05. The van der Waals surface area contributed by atoms with Gasteiger partial charge in [0, 0.05) is 13.6 Å². The lowest BCUT2D eigenvalue weighted by Gasteiger charge is -2.18. The molecule has 0 heterocycles. The van der Waals surface area contributed by atoms with Crippen molar-refractivity contribution >= 4 is 23.5 Å². The fraction of sp³-hybridized carbons (Fsp3) is 0.391. The van der Waals surface area contributed by atoms with Crippen LogP contribution in [-0.4, -0.2) is 50.8 Å². The van der Waals surface area contributed by atoms with Crippen molar-refractivity contribution in [2.24, 2.45) is 0 Å². The highest BCUT2D eigenvalue weighted by Gasteiger charge is 2.19. The first-order valence-corrected chi connectivity index (χ1v) is 10.5. The minimum absolute atomic E-state index is 0.118.